The summed E-state index contributed by atoms with van der Waals surface area (Å²) in [5.74, 6) is -0.289. The SMILES string of the molecule is CCN(CCCNC(=O)c1cc([N+](=O)[O-])ccc1N1CCOCC1)c1ccccc1. The van der Waals surface area contributed by atoms with Crippen molar-refractivity contribution in [1.82, 2.24) is 5.32 Å². The third-order valence-corrected chi connectivity index (χ3v) is 5.18. The summed E-state index contributed by atoms with van der Waals surface area (Å²) in [4.78, 5) is 27.9. The number of nitrogens with one attached hydrogen (secondary N) is 1. The Morgan fingerprint density at radius 2 is 1.93 bits per heavy atom. The molecule has 0 aliphatic carbocycles. The number of carbonyl (C=O) groups excluding carboxylic acids is 1. The fourth-order valence-corrected chi connectivity index (χ4v) is 3.58. The van der Waals surface area contributed by atoms with Crippen LogP contribution in [0.3, 0.4) is 0 Å². The van der Waals surface area contributed by atoms with Gasteiger partial charge in [0.05, 0.1) is 29.4 Å². The van der Waals surface area contributed by atoms with Crippen molar-refractivity contribution in [3.8, 4) is 0 Å². The van der Waals surface area contributed by atoms with E-state index in [1.54, 1.807) is 6.07 Å². The molecule has 3 rings (SSSR count). The first kappa shape index (κ1) is 21.6. The molecule has 0 saturated carbocycles. The van der Waals surface area contributed by atoms with E-state index in [0.29, 0.717) is 44.1 Å². The first-order valence-electron chi connectivity index (χ1n) is 10.3. The molecule has 0 atom stereocenters. The van der Waals surface area contributed by atoms with Crippen LogP contribution >= 0.6 is 0 Å². The minimum absolute atomic E-state index is 0.0848. The van der Waals surface area contributed by atoms with Crippen molar-refractivity contribution < 1.29 is 14.5 Å². The number of amides is 1. The first-order chi connectivity index (χ1) is 14.6. The number of hydrogen-bond donors (Lipinski definition) is 1. The lowest BCUT2D eigenvalue weighted by Crippen LogP contribution is -2.38. The highest BCUT2D eigenvalue weighted by Gasteiger charge is 2.22. The summed E-state index contributed by atoms with van der Waals surface area (Å²) in [7, 11) is 0. The van der Waals surface area contributed by atoms with Gasteiger partial charge in [-0.05, 0) is 31.5 Å². The van der Waals surface area contributed by atoms with Gasteiger partial charge in [-0.25, -0.2) is 0 Å². The summed E-state index contributed by atoms with van der Waals surface area (Å²) < 4.78 is 5.38. The van der Waals surface area contributed by atoms with Gasteiger partial charge in [0, 0.05) is 50.5 Å². The number of hydrogen-bond acceptors (Lipinski definition) is 6. The van der Waals surface area contributed by atoms with Crippen molar-refractivity contribution in [1.29, 1.82) is 0 Å². The smallest absolute Gasteiger partial charge is 0.270 e. The third-order valence-electron chi connectivity index (χ3n) is 5.18. The molecule has 0 spiro atoms. The van der Waals surface area contributed by atoms with Crippen LogP contribution in [0, 0.1) is 10.1 Å². The predicted molar refractivity (Wildman–Crippen MR) is 117 cm³/mol. The van der Waals surface area contributed by atoms with Crippen molar-refractivity contribution in [3.05, 3.63) is 64.2 Å². The maximum Gasteiger partial charge on any atom is 0.270 e. The van der Waals surface area contributed by atoms with Crippen molar-refractivity contribution >= 4 is 23.0 Å². The zero-order valence-corrected chi connectivity index (χ0v) is 17.3. The number of morpholine rings is 1. The molecule has 8 nitrogen and oxygen atoms in total. The maximum absolute atomic E-state index is 12.9. The van der Waals surface area contributed by atoms with Crippen LogP contribution in [0.15, 0.2) is 48.5 Å². The molecule has 1 aliphatic heterocycles. The normalized spacial score (nSPS) is 13.7. The Labute approximate surface area is 176 Å². The van der Waals surface area contributed by atoms with E-state index in [-0.39, 0.29) is 11.6 Å². The number of rotatable bonds is 9. The average molecular weight is 412 g/mol. The molecule has 1 fully saturated rings. The number of benzene rings is 2. The zero-order valence-electron chi connectivity index (χ0n) is 17.3. The standard InChI is InChI=1S/C22H28N4O4/c1-2-24(18-7-4-3-5-8-18)12-6-11-23-22(27)20-17-19(26(28)29)9-10-21(20)25-13-15-30-16-14-25/h3-5,7-10,17H,2,6,11-16H2,1H3,(H,23,27). The van der Waals surface area contributed by atoms with Gasteiger partial charge in [0.2, 0.25) is 0 Å². The van der Waals surface area contributed by atoms with E-state index in [0.717, 1.165) is 25.2 Å². The number of nitro groups is 1. The van der Waals surface area contributed by atoms with Crippen molar-refractivity contribution in [2.45, 2.75) is 13.3 Å². The Morgan fingerprint density at radius 3 is 2.60 bits per heavy atom. The second kappa shape index (κ2) is 10.6. The summed E-state index contributed by atoms with van der Waals surface area (Å²) in [6.45, 7) is 6.74. The quantitative estimate of drug-likeness (QED) is 0.387. The number of non-ortho nitro benzene ring substituents is 1. The lowest BCUT2D eigenvalue weighted by atomic mass is 10.1. The van der Waals surface area contributed by atoms with E-state index in [2.05, 4.69) is 29.3 Å². The second-order valence-corrected chi connectivity index (χ2v) is 7.08. The highest BCUT2D eigenvalue weighted by molar-refractivity contribution is 6.00. The molecule has 0 radical (unpaired) electrons. The summed E-state index contributed by atoms with van der Waals surface area (Å²) in [6.07, 6.45) is 0.774. The Morgan fingerprint density at radius 1 is 1.20 bits per heavy atom. The first-order valence-corrected chi connectivity index (χ1v) is 10.3. The molecule has 1 heterocycles. The minimum atomic E-state index is -0.473. The maximum atomic E-state index is 12.9. The number of nitrogens with zero attached hydrogens (tertiary/aromatic N) is 3. The fraction of sp³-hybridized carbons (Fsp3) is 0.409. The van der Waals surface area contributed by atoms with Crippen LogP contribution in [0.4, 0.5) is 17.1 Å². The van der Waals surface area contributed by atoms with E-state index in [4.69, 9.17) is 4.74 Å². The number of anilines is 2. The molecule has 0 bridgehead atoms. The van der Waals surface area contributed by atoms with Gasteiger partial charge in [0.15, 0.2) is 0 Å². The summed E-state index contributed by atoms with van der Waals surface area (Å²) in [6, 6.07) is 14.6. The molecule has 0 aromatic heterocycles. The Kier molecular flexibility index (Phi) is 7.62. The number of carbonyl (C=O) groups is 1. The number of ether oxygens (including phenoxy) is 1. The van der Waals surface area contributed by atoms with Crippen LogP contribution in [-0.4, -0.2) is 56.8 Å². The monoisotopic (exact) mass is 412 g/mol. The molecule has 1 aliphatic rings. The lowest BCUT2D eigenvalue weighted by Gasteiger charge is -2.30. The molecular weight excluding hydrogens is 384 g/mol. The van der Waals surface area contributed by atoms with Gasteiger partial charge in [0.1, 0.15) is 0 Å². The summed E-state index contributed by atoms with van der Waals surface area (Å²) in [5, 5.41) is 14.1. The molecule has 0 unspecified atom stereocenters. The molecular formula is C22H28N4O4. The molecule has 1 amide bonds. The Bertz CT molecular complexity index is 853. The van der Waals surface area contributed by atoms with Crippen LogP contribution < -0.4 is 15.1 Å². The van der Waals surface area contributed by atoms with Crippen LogP contribution in [0.25, 0.3) is 0 Å². The molecule has 160 valence electrons. The van der Waals surface area contributed by atoms with Gasteiger partial charge < -0.3 is 19.9 Å². The molecule has 1 saturated heterocycles. The second-order valence-electron chi connectivity index (χ2n) is 7.08. The van der Waals surface area contributed by atoms with Crippen LogP contribution in [0.2, 0.25) is 0 Å². The zero-order chi connectivity index (χ0) is 21.3. The van der Waals surface area contributed by atoms with Gasteiger partial charge in [-0.3, -0.25) is 14.9 Å². The van der Waals surface area contributed by atoms with Gasteiger partial charge in [0.25, 0.3) is 11.6 Å². The van der Waals surface area contributed by atoms with Crippen LogP contribution in [-0.2, 0) is 4.74 Å². The Balaban J connectivity index is 1.63. The van der Waals surface area contributed by atoms with Crippen molar-refractivity contribution in [2.24, 2.45) is 0 Å². The van der Waals surface area contributed by atoms with E-state index < -0.39 is 4.92 Å². The molecule has 2 aromatic carbocycles. The molecule has 30 heavy (non-hydrogen) atoms. The highest BCUT2D eigenvalue weighted by atomic mass is 16.6. The summed E-state index contributed by atoms with van der Waals surface area (Å²) >= 11 is 0. The Hall–Kier alpha value is -3.13. The summed E-state index contributed by atoms with van der Waals surface area (Å²) in [5.41, 5.74) is 2.11. The van der Waals surface area contributed by atoms with Gasteiger partial charge >= 0.3 is 0 Å². The predicted octanol–water partition coefficient (Wildman–Crippen LogP) is 3.08. The fourth-order valence-electron chi connectivity index (χ4n) is 3.58. The van der Waals surface area contributed by atoms with Crippen molar-refractivity contribution in [2.75, 3.05) is 55.7 Å². The van der Waals surface area contributed by atoms with E-state index in [1.165, 1.54) is 12.1 Å². The van der Waals surface area contributed by atoms with Gasteiger partial charge in [-0.1, -0.05) is 18.2 Å². The molecule has 2 aromatic rings. The lowest BCUT2D eigenvalue weighted by molar-refractivity contribution is -0.384. The van der Waals surface area contributed by atoms with Crippen LogP contribution in [0.1, 0.15) is 23.7 Å². The van der Waals surface area contributed by atoms with E-state index >= 15 is 0 Å². The van der Waals surface area contributed by atoms with Crippen LogP contribution in [0.5, 0.6) is 0 Å². The third kappa shape index (κ3) is 5.48. The number of para-hydroxylation sites is 1. The molecule has 1 N–H and O–H groups in total. The average Bonchev–Trinajstić information content (AvgIpc) is 2.79. The van der Waals surface area contributed by atoms with Gasteiger partial charge in [-0.2, -0.15) is 0 Å². The van der Waals surface area contributed by atoms with Gasteiger partial charge in [-0.15, -0.1) is 0 Å². The van der Waals surface area contributed by atoms with Crippen molar-refractivity contribution in [3.63, 3.8) is 0 Å². The van der Waals surface area contributed by atoms with E-state index in [1.807, 2.05) is 23.1 Å². The largest absolute Gasteiger partial charge is 0.378 e. The molecule has 8 heteroatoms. The minimum Gasteiger partial charge on any atom is -0.378 e. The van der Waals surface area contributed by atoms with E-state index in [9.17, 15) is 14.9 Å². The number of nitro benzene ring substituents is 1. The topological polar surface area (TPSA) is 88.0 Å². The highest BCUT2D eigenvalue weighted by Crippen LogP contribution is 2.26.